The summed E-state index contributed by atoms with van der Waals surface area (Å²) in [6, 6.07) is 11.0. The molecule has 1 fully saturated rings. The van der Waals surface area contributed by atoms with Gasteiger partial charge in [-0.3, -0.25) is 10.2 Å². The van der Waals surface area contributed by atoms with E-state index in [0.29, 0.717) is 18.4 Å². The zero-order valence-electron chi connectivity index (χ0n) is 17.5. The Bertz CT molecular complexity index is 768. The van der Waals surface area contributed by atoms with Crippen LogP contribution in [0.4, 0.5) is 0 Å². The third kappa shape index (κ3) is 5.00. The maximum atomic E-state index is 11.9. The first kappa shape index (κ1) is 20.6. The predicted octanol–water partition coefficient (Wildman–Crippen LogP) is 3.37. The highest BCUT2D eigenvalue weighted by Crippen LogP contribution is 2.32. The maximum Gasteiger partial charge on any atom is 0.222 e. The minimum absolute atomic E-state index is 0.169. The number of aryl methyl sites for hydroxylation is 1. The van der Waals surface area contributed by atoms with Crippen LogP contribution in [0.1, 0.15) is 51.3 Å². The molecular weight excluding hydrogens is 350 g/mol. The molecule has 2 unspecified atom stereocenters. The van der Waals surface area contributed by atoms with Crippen molar-refractivity contribution in [3.8, 4) is 11.3 Å². The van der Waals surface area contributed by atoms with Crippen LogP contribution in [-0.4, -0.2) is 40.5 Å². The molecule has 6 heteroatoms. The normalized spacial score (nSPS) is 19.3. The van der Waals surface area contributed by atoms with Gasteiger partial charge in [0.2, 0.25) is 5.91 Å². The predicted molar refractivity (Wildman–Crippen MR) is 112 cm³/mol. The van der Waals surface area contributed by atoms with Gasteiger partial charge < -0.3 is 9.47 Å². The van der Waals surface area contributed by atoms with Gasteiger partial charge in [-0.1, -0.05) is 44.2 Å². The van der Waals surface area contributed by atoms with Crippen LogP contribution >= 0.6 is 0 Å². The molecule has 1 amide bonds. The summed E-state index contributed by atoms with van der Waals surface area (Å²) < 4.78 is 2.22. The Hall–Kier alpha value is -2.18. The zero-order chi connectivity index (χ0) is 20.1. The molecule has 2 heterocycles. The van der Waals surface area contributed by atoms with Gasteiger partial charge in [-0.25, -0.2) is 10.4 Å². The second-order valence-electron chi connectivity index (χ2n) is 8.33. The quantitative estimate of drug-likeness (QED) is 0.734. The number of hydrazine groups is 1. The van der Waals surface area contributed by atoms with E-state index in [4.69, 9.17) is 4.98 Å². The highest BCUT2D eigenvalue weighted by atomic mass is 16.2. The van der Waals surface area contributed by atoms with Crippen molar-refractivity contribution in [2.24, 2.45) is 5.92 Å². The number of nitrogens with zero attached hydrogens (tertiary/aromatic N) is 3. The Kier molecular flexibility index (Phi) is 6.86. The lowest BCUT2D eigenvalue weighted by molar-refractivity contribution is -0.128. The van der Waals surface area contributed by atoms with Crippen molar-refractivity contribution in [1.82, 2.24) is 25.3 Å². The van der Waals surface area contributed by atoms with Crippen LogP contribution in [0.15, 0.2) is 36.7 Å². The zero-order valence-corrected chi connectivity index (χ0v) is 17.5. The van der Waals surface area contributed by atoms with Crippen molar-refractivity contribution in [1.29, 1.82) is 0 Å². The molecule has 6 nitrogen and oxygen atoms in total. The van der Waals surface area contributed by atoms with E-state index >= 15 is 0 Å². The van der Waals surface area contributed by atoms with E-state index in [1.165, 1.54) is 5.69 Å². The Morgan fingerprint density at radius 2 is 2.00 bits per heavy atom. The molecule has 28 heavy (non-hydrogen) atoms. The lowest BCUT2D eigenvalue weighted by atomic mass is 9.97. The van der Waals surface area contributed by atoms with Gasteiger partial charge in [0.1, 0.15) is 0 Å². The monoisotopic (exact) mass is 383 g/mol. The first-order chi connectivity index (χ1) is 13.5. The van der Waals surface area contributed by atoms with Crippen molar-refractivity contribution < 1.29 is 4.79 Å². The van der Waals surface area contributed by atoms with Crippen LogP contribution in [0.25, 0.3) is 11.3 Å². The Morgan fingerprint density at radius 3 is 2.68 bits per heavy atom. The lowest BCUT2D eigenvalue weighted by Crippen LogP contribution is -2.32. The molecule has 0 bridgehead atoms. The molecule has 2 aromatic rings. The van der Waals surface area contributed by atoms with Crippen molar-refractivity contribution in [2.75, 3.05) is 14.1 Å². The number of nitrogens with one attached hydrogen (secondary N) is 2. The summed E-state index contributed by atoms with van der Waals surface area (Å²) in [5.41, 5.74) is 10.3. The molecule has 0 aliphatic carbocycles. The number of amides is 1. The van der Waals surface area contributed by atoms with Gasteiger partial charge in [0, 0.05) is 38.7 Å². The van der Waals surface area contributed by atoms with Crippen molar-refractivity contribution in [2.45, 2.75) is 58.2 Å². The van der Waals surface area contributed by atoms with Crippen LogP contribution in [0.3, 0.4) is 0 Å². The van der Waals surface area contributed by atoms with Crippen LogP contribution in [0.2, 0.25) is 0 Å². The summed E-state index contributed by atoms with van der Waals surface area (Å²) in [7, 11) is 3.61. The fraction of sp³-hybridized carbons (Fsp3) is 0.545. The van der Waals surface area contributed by atoms with Crippen molar-refractivity contribution in [3.05, 3.63) is 42.4 Å². The summed E-state index contributed by atoms with van der Waals surface area (Å²) >= 11 is 0. The van der Waals surface area contributed by atoms with E-state index in [1.54, 1.807) is 4.90 Å². The van der Waals surface area contributed by atoms with Crippen LogP contribution < -0.4 is 10.9 Å². The van der Waals surface area contributed by atoms with Gasteiger partial charge in [-0.05, 0) is 25.2 Å². The second kappa shape index (κ2) is 9.34. The lowest BCUT2D eigenvalue weighted by Gasteiger charge is -2.17. The molecule has 0 spiro atoms. The van der Waals surface area contributed by atoms with Gasteiger partial charge in [0.15, 0.2) is 0 Å². The molecule has 0 saturated carbocycles. The van der Waals surface area contributed by atoms with Crippen molar-refractivity contribution in [3.63, 3.8) is 0 Å². The SMILES string of the molecule is CC(C)CC1CC(c2c(-c3ccccc3)ncn2CCCC(=O)N(C)C)NN1. The molecule has 2 atom stereocenters. The number of hydrogen-bond acceptors (Lipinski definition) is 4. The second-order valence-corrected chi connectivity index (χ2v) is 8.33. The number of aromatic nitrogens is 2. The number of benzene rings is 1. The van der Waals surface area contributed by atoms with E-state index in [1.807, 2.05) is 26.5 Å². The largest absolute Gasteiger partial charge is 0.349 e. The summed E-state index contributed by atoms with van der Waals surface area (Å²) in [5.74, 6) is 0.830. The Labute approximate surface area is 168 Å². The molecule has 2 N–H and O–H groups in total. The molecule has 1 aliphatic heterocycles. The Morgan fingerprint density at radius 1 is 1.25 bits per heavy atom. The van der Waals surface area contributed by atoms with E-state index in [2.05, 4.69) is 53.5 Å². The van der Waals surface area contributed by atoms with E-state index in [9.17, 15) is 4.79 Å². The van der Waals surface area contributed by atoms with Crippen LogP contribution in [-0.2, 0) is 11.3 Å². The Balaban J connectivity index is 1.80. The fourth-order valence-corrected chi connectivity index (χ4v) is 3.90. The summed E-state index contributed by atoms with van der Waals surface area (Å²) in [4.78, 5) is 18.3. The third-order valence-corrected chi connectivity index (χ3v) is 5.28. The molecule has 1 aromatic carbocycles. The number of rotatable bonds is 8. The highest BCUT2D eigenvalue weighted by molar-refractivity contribution is 5.75. The molecule has 1 aliphatic rings. The topological polar surface area (TPSA) is 62.2 Å². The minimum Gasteiger partial charge on any atom is -0.349 e. The smallest absolute Gasteiger partial charge is 0.222 e. The molecule has 1 aromatic heterocycles. The van der Waals surface area contributed by atoms with Gasteiger partial charge >= 0.3 is 0 Å². The van der Waals surface area contributed by atoms with Gasteiger partial charge in [-0.2, -0.15) is 0 Å². The molecule has 1 saturated heterocycles. The first-order valence-electron chi connectivity index (χ1n) is 10.3. The summed E-state index contributed by atoms with van der Waals surface area (Å²) in [6.45, 7) is 5.31. The number of hydrogen-bond donors (Lipinski definition) is 2. The highest BCUT2D eigenvalue weighted by Gasteiger charge is 2.30. The summed E-state index contributed by atoms with van der Waals surface area (Å²) in [6.07, 6.45) is 5.48. The molecule has 152 valence electrons. The third-order valence-electron chi connectivity index (χ3n) is 5.28. The number of carbonyl (C=O) groups excluding carboxylic acids is 1. The van der Waals surface area contributed by atoms with Gasteiger partial charge in [0.25, 0.3) is 0 Å². The average molecular weight is 384 g/mol. The minimum atomic E-state index is 0.169. The first-order valence-corrected chi connectivity index (χ1v) is 10.3. The maximum absolute atomic E-state index is 11.9. The summed E-state index contributed by atoms with van der Waals surface area (Å²) in [5, 5.41) is 0. The molecule has 0 radical (unpaired) electrons. The van der Waals surface area contributed by atoms with Crippen molar-refractivity contribution >= 4 is 5.91 Å². The number of carbonyl (C=O) groups is 1. The molecule has 3 rings (SSSR count). The fourth-order valence-electron chi connectivity index (χ4n) is 3.90. The van der Waals surface area contributed by atoms with Gasteiger partial charge in [0.05, 0.1) is 23.8 Å². The van der Waals surface area contributed by atoms with Crippen LogP contribution in [0, 0.1) is 5.92 Å². The van der Waals surface area contributed by atoms with E-state index in [0.717, 1.165) is 37.1 Å². The number of imidazole rings is 1. The van der Waals surface area contributed by atoms with Crippen LogP contribution in [0.5, 0.6) is 0 Å². The van der Waals surface area contributed by atoms with Gasteiger partial charge in [-0.15, -0.1) is 0 Å². The van der Waals surface area contributed by atoms with E-state index < -0.39 is 0 Å². The standard InChI is InChI=1S/C22H33N5O/c1-16(2)13-18-14-19(25-24-18)22-21(17-9-6-5-7-10-17)23-15-27(22)12-8-11-20(28)26(3)4/h5-7,9-10,15-16,18-19,24-25H,8,11-14H2,1-4H3. The average Bonchev–Trinajstić information content (AvgIpc) is 3.28. The van der Waals surface area contributed by atoms with E-state index in [-0.39, 0.29) is 11.9 Å². The molecular formula is C22H33N5O.